The third kappa shape index (κ3) is 3.00. The first kappa shape index (κ1) is 14.6. The Hall–Kier alpha value is -1.84. The molecule has 2 rings (SSSR count). The van der Waals surface area contributed by atoms with Gasteiger partial charge in [0.15, 0.2) is 0 Å². The van der Waals surface area contributed by atoms with E-state index in [0.29, 0.717) is 25.1 Å². The number of carboxylic acid groups (broad SMARTS) is 1. The van der Waals surface area contributed by atoms with Crippen LogP contribution in [-0.2, 0) is 4.79 Å². The molecule has 1 fully saturated rings. The van der Waals surface area contributed by atoms with Crippen molar-refractivity contribution in [2.45, 2.75) is 27.2 Å². The van der Waals surface area contributed by atoms with Crippen LogP contribution in [0.15, 0.2) is 18.2 Å². The van der Waals surface area contributed by atoms with Crippen LogP contribution in [0, 0.1) is 25.7 Å². The van der Waals surface area contributed by atoms with Crippen LogP contribution < -0.4 is 0 Å². The molecular formula is C16H21NO3. The standard InChI is InChI=1S/C16H21NO3/c1-10-4-5-14(12(3)6-10)15(18)17-8-11(2)7-13(9-17)16(19)20/h4-6,11,13H,7-9H2,1-3H3,(H,19,20). The minimum Gasteiger partial charge on any atom is -0.481 e. The SMILES string of the molecule is Cc1ccc(C(=O)N2CC(C)CC(C(=O)O)C2)c(C)c1. The second-order valence-corrected chi connectivity index (χ2v) is 5.90. The highest BCUT2D eigenvalue weighted by Crippen LogP contribution is 2.24. The largest absolute Gasteiger partial charge is 0.481 e. The Labute approximate surface area is 119 Å². The number of likely N-dealkylation sites (tertiary alicyclic amines) is 1. The quantitative estimate of drug-likeness (QED) is 0.902. The topological polar surface area (TPSA) is 57.6 Å². The molecule has 1 aliphatic heterocycles. The summed E-state index contributed by atoms with van der Waals surface area (Å²) in [4.78, 5) is 25.4. The minimum absolute atomic E-state index is 0.0553. The van der Waals surface area contributed by atoms with E-state index in [-0.39, 0.29) is 11.8 Å². The van der Waals surface area contributed by atoms with E-state index in [9.17, 15) is 14.7 Å². The molecule has 0 bridgehead atoms. The van der Waals surface area contributed by atoms with E-state index in [1.54, 1.807) is 4.90 Å². The molecule has 0 spiro atoms. The maximum absolute atomic E-state index is 12.6. The van der Waals surface area contributed by atoms with Crippen LogP contribution in [0.5, 0.6) is 0 Å². The summed E-state index contributed by atoms with van der Waals surface area (Å²) in [6.07, 6.45) is 0.645. The maximum Gasteiger partial charge on any atom is 0.308 e. The van der Waals surface area contributed by atoms with Gasteiger partial charge in [-0.15, -0.1) is 0 Å². The number of amides is 1. The van der Waals surface area contributed by atoms with Crippen molar-refractivity contribution in [2.75, 3.05) is 13.1 Å². The van der Waals surface area contributed by atoms with Gasteiger partial charge in [-0.2, -0.15) is 0 Å². The fraction of sp³-hybridized carbons (Fsp3) is 0.500. The lowest BCUT2D eigenvalue weighted by Gasteiger charge is -2.35. The number of aryl methyl sites for hydroxylation is 2. The highest BCUT2D eigenvalue weighted by atomic mass is 16.4. The fourth-order valence-electron chi connectivity index (χ4n) is 2.92. The molecule has 0 aromatic heterocycles. The average Bonchev–Trinajstić information content (AvgIpc) is 2.37. The van der Waals surface area contributed by atoms with Crippen LogP contribution in [0.1, 0.15) is 34.8 Å². The molecule has 1 amide bonds. The Morgan fingerprint density at radius 3 is 2.55 bits per heavy atom. The summed E-state index contributed by atoms with van der Waals surface area (Å²) in [7, 11) is 0. The molecule has 0 saturated carbocycles. The molecule has 0 aliphatic carbocycles. The second kappa shape index (κ2) is 5.65. The van der Waals surface area contributed by atoms with E-state index >= 15 is 0 Å². The van der Waals surface area contributed by atoms with Crippen LogP contribution in [0.2, 0.25) is 0 Å². The van der Waals surface area contributed by atoms with Crippen LogP contribution in [0.25, 0.3) is 0 Å². The maximum atomic E-state index is 12.6. The van der Waals surface area contributed by atoms with E-state index in [1.165, 1.54) is 0 Å². The zero-order valence-corrected chi connectivity index (χ0v) is 12.2. The molecule has 1 N–H and O–H groups in total. The van der Waals surface area contributed by atoms with Crippen molar-refractivity contribution in [2.24, 2.45) is 11.8 Å². The number of carboxylic acids is 1. The van der Waals surface area contributed by atoms with E-state index < -0.39 is 11.9 Å². The van der Waals surface area contributed by atoms with Crippen molar-refractivity contribution >= 4 is 11.9 Å². The van der Waals surface area contributed by atoms with Crippen molar-refractivity contribution in [3.8, 4) is 0 Å². The smallest absolute Gasteiger partial charge is 0.308 e. The molecule has 2 atom stereocenters. The summed E-state index contributed by atoms with van der Waals surface area (Å²) in [5.41, 5.74) is 2.74. The zero-order chi connectivity index (χ0) is 14.9. The molecular weight excluding hydrogens is 254 g/mol. The lowest BCUT2D eigenvalue weighted by atomic mass is 9.90. The Bertz CT molecular complexity index is 539. The molecule has 4 nitrogen and oxygen atoms in total. The van der Waals surface area contributed by atoms with Gasteiger partial charge in [-0.05, 0) is 37.8 Å². The van der Waals surface area contributed by atoms with Gasteiger partial charge >= 0.3 is 5.97 Å². The van der Waals surface area contributed by atoms with E-state index in [4.69, 9.17) is 0 Å². The van der Waals surface area contributed by atoms with E-state index in [0.717, 1.165) is 11.1 Å². The number of rotatable bonds is 2. The van der Waals surface area contributed by atoms with Gasteiger partial charge in [-0.3, -0.25) is 9.59 Å². The summed E-state index contributed by atoms with van der Waals surface area (Å²) in [6, 6.07) is 5.74. The first-order valence-corrected chi connectivity index (χ1v) is 6.97. The number of carbonyl (C=O) groups is 2. The van der Waals surface area contributed by atoms with Crippen molar-refractivity contribution in [1.29, 1.82) is 0 Å². The third-order valence-electron chi connectivity index (χ3n) is 3.91. The molecule has 1 heterocycles. The number of hydrogen-bond donors (Lipinski definition) is 1. The predicted octanol–water partition coefficient (Wildman–Crippen LogP) is 2.49. The van der Waals surface area contributed by atoms with Crippen LogP contribution >= 0.6 is 0 Å². The van der Waals surface area contributed by atoms with Gasteiger partial charge in [0.05, 0.1) is 5.92 Å². The summed E-state index contributed by atoms with van der Waals surface area (Å²) < 4.78 is 0. The van der Waals surface area contributed by atoms with E-state index in [2.05, 4.69) is 0 Å². The highest BCUT2D eigenvalue weighted by Gasteiger charge is 2.32. The van der Waals surface area contributed by atoms with Crippen molar-refractivity contribution in [3.63, 3.8) is 0 Å². The summed E-state index contributed by atoms with van der Waals surface area (Å²) >= 11 is 0. The van der Waals surface area contributed by atoms with Crippen LogP contribution in [0.3, 0.4) is 0 Å². The molecule has 1 aromatic carbocycles. The van der Waals surface area contributed by atoms with Gasteiger partial charge in [-0.25, -0.2) is 0 Å². The Morgan fingerprint density at radius 2 is 1.95 bits per heavy atom. The predicted molar refractivity (Wildman–Crippen MR) is 76.7 cm³/mol. The molecule has 1 saturated heterocycles. The molecule has 1 aromatic rings. The number of aliphatic carboxylic acids is 1. The average molecular weight is 275 g/mol. The number of benzene rings is 1. The third-order valence-corrected chi connectivity index (χ3v) is 3.91. The minimum atomic E-state index is -0.810. The molecule has 0 radical (unpaired) electrons. The Morgan fingerprint density at radius 1 is 1.25 bits per heavy atom. The van der Waals surface area contributed by atoms with E-state index in [1.807, 2.05) is 39.0 Å². The molecule has 1 aliphatic rings. The summed E-state index contributed by atoms with van der Waals surface area (Å²) in [6.45, 7) is 6.85. The Kier molecular flexibility index (Phi) is 4.12. The molecule has 2 unspecified atom stereocenters. The molecule has 20 heavy (non-hydrogen) atoms. The molecule has 4 heteroatoms. The van der Waals surface area contributed by atoms with Crippen LogP contribution in [-0.4, -0.2) is 35.0 Å². The summed E-state index contributed by atoms with van der Waals surface area (Å²) in [5.74, 6) is -1.09. The lowest BCUT2D eigenvalue weighted by Crippen LogP contribution is -2.45. The fourth-order valence-corrected chi connectivity index (χ4v) is 2.92. The first-order chi connectivity index (χ1) is 9.38. The number of nitrogens with zero attached hydrogens (tertiary/aromatic N) is 1. The zero-order valence-electron chi connectivity index (χ0n) is 12.2. The van der Waals surface area contributed by atoms with Crippen molar-refractivity contribution in [3.05, 3.63) is 34.9 Å². The Balaban J connectivity index is 2.21. The first-order valence-electron chi connectivity index (χ1n) is 6.97. The second-order valence-electron chi connectivity index (χ2n) is 5.90. The van der Waals surface area contributed by atoms with Crippen molar-refractivity contribution in [1.82, 2.24) is 4.90 Å². The normalized spacial score (nSPS) is 22.6. The monoisotopic (exact) mass is 275 g/mol. The number of hydrogen-bond acceptors (Lipinski definition) is 2. The summed E-state index contributed by atoms with van der Waals surface area (Å²) in [5, 5.41) is 9.18. The van der Waals surface area contributed by atoms with Gasteiger partial charge in [0.2, 0.25) is 0 Å². The van der Waals surface area contributed by atoms with Gasteiger partial charge in [-0.1, -0.05) is 24.6 Å². The number of piperidine rings is 1. The van der Waals surface area contributed by atoms with Gasteiger partial charge in [0.1, 0.15) is 0 Å². The lowest BCUT2D eigenvalue weighted by molar-refractivity contribution is -0.143. The van der Waals surface area contributed by atoms with Gasteiger partial charge in [0.25, 0.3) is 5.91 Å². The van der Waals surface area contributed by atoms with Gasteiger partial charge < -0.3 is 10.0 Å². The van der Waals surface area contributed by atoms with Gasteiger partial charge in [0, 0.05) is 18.7 Å². The van der Waals surface area contributed by atoms with Crippen molar-refractivity contribution < 1.29 is 14.7 Å². The van der Waals surface area contributed by atoms with Crippen LogP contribution in [0.4, 0.5) is 0 Å². The highest BCUT2D eigenvalue weighted by molar-refractivity contribution is 5.96. The molecule has 108 valence electrons. The number of carbonyl (C=O) groups excluding carboxylic acids is 1.